The van der Waals surface area contributed by atoms with Crippen LogP contribution in [0.2, 0.25) is 0 Å². The quantitative estimate of drug-likeness (QED) is 0.881. The largest absolute Gasteiger partial charge is 0.497 e. The van der Waals surface area contributed by atoms with Gasteiger partial charge in [-0.3, -0.25) is 0 Å². The molecule has 1 N–H and O–H groups in total. The molecule has 0 saturated carbocycles. The summed E-state index contributed by atoms with van der Waals surface area (Å²) in [7, 11) is 1.69. The van der Waals surface area contributed by atoms with E-state index in [4.69, 9.17) is 4.74 Å². The number of rotatable bonds is 5. The Morgan fingerprint density at radius 3 is 2.83 bits per heavy atom. The maximum Gasteiger partial charge on any atom is 0.119 e. The Hall–Kier alpha value is -0.840. The van der Waals surface area contributed by atoms with E-state index in [1.54, 1.807) is 18.4 Å². The summed E-state index contributed by atoms with van der Waals surface area (Å²) in [5.74, 6) is 0.904. The number of thiophene rings is 1. The first-order valence-corrected chi connectivity index (χ1v) is 7.41. The van der Waals surface area contributed by atoms with Crippen LogP contribution in [0, 0.1) is 0 Å². The minimum absolute atomic E-state index is 0.354. The highest BCUT2D eigenvalue weighted by Crippen LogP contribution is 2.27. The van der Waals surface area contributed by atoms with E-state index in [0.717, 1.165) is 12.3 Å². The van der Waals surface area contributed by atoms with Gasteiger partial charge in [-0.15, -0.1) is 11.3 Å². The Labute approximate surface area is 120 Å². The van der Waals surface area contributed by atoms with Crippen molar-refractivity contribution in [3.63, 3.8) is 0 Å². The van der Waals surface area contributed by atoms with Crippen molar-refractivity contribution in [2.75, 3.05) is 7.11 Å². The third-order valence-electron chi connectivity index (χ3n) is 2.77. The highest BCUT2D eigenvalue weighted by molar-refractivity contribution is 9.11. The van der Waals surface area contributed by atoms with E-state index < -0.39 is 0 Å². The number of halogens is 1. The zero-order chi connectivity index (χ0) is 13.0. The number of hydrogen-bond acceptors (Lipinski definition) is 3. The van der Waals surface area contributed by atoms with Crippen molar-refractivity contribution in [1.29, 1.82) is 0 Å². The van der Waals surface area contributed by atoms with Gasteiger partial charge < -0.3 is 10.1 Å². The van der Waals surface area contributed by atoms with Crippen LogP contribution in [0.5, 0.6) is 5.75 Å². The summed E-state index contributed by atoms with van der Waals surface area (Å²) in [6.07, 6.45) is 0. The average Bonchev–Trinajstić information content (AvgIpc) is 2.83. The number of nitrogens with one attached hydrogen (secondary N) is 1. The molecular weight excluding hydrogens is 310 g/mol. The Balaban J connectivity index is 1.94. The molecule has 4 heteroatoms. The lowest BCUT2D eigenvalue weighted by Crippen LogP contribution is -2.17. The molecule has 0 aliphatic heterocycles. The van der Waals surface area contributed by atoms with Gasteiger partial charge in [0, 0.05) is 17.5 Å². The molecule has 2 nitrogen and oxygen atoms in total. The second-order valence-corrected chi connectivity index (χ2v) is 6.59. The predicted octanol–water partition coefficient (Wildman–Crippen LogP) is 4.37. The van der Waals surface area contributed by atoms with E-state index in [2.05, 4.69) is 52.4 Å². The van der Waals surface area contributed by atoms with Crippen LogP contribution in [0.25, 0.3) is 0 Å². The fourth-order valence-corrected chi connectivity index (χ4v) is 3.17. The molecule has 2 rings (SSSR count). The number of hydrogen-bond donors (Lipinski definition) is 1. The van der Waals surface area contributed by atoms with E-state index in [1.807, 2.05) is 12.1 Å². The van der Waals surface area contributed by atoms with Gasteiger partial charge in [-0.05, 0) is 52.7 Å². The molecule has 0 aliphatic rings. The Bertz CT molecular complexity index is 512. The predicted molar refractivity (Wildman–Crippen MR) is 80.3 cm³/mol. The zero-order valence-corrected chi connectivity index (χ0v) is 12.8. The van der Waals surface area contributed by atoms with Crippen molar-refractivity contribution in [3.05, 3.63) is 50.6 Å². The van der Waals surface area contributed by atoms with Crippen LogP contribution in [0.4, 0.5) is 0 Å². The topological polar surface area (TPSA) is 21.3 Å². The van der Waals surface area contributed by atoms with Gasteiger partial charge in [-0.25, -0.2) is 0 Å². The maximum atomic E-state index is 5.22. The third-order valence-corrected chi connectivity index (χ3v) is 4.57. The molecule has 1 unspecified atom stereocenters. The van der Waals surface area contributed by atoms with Gasteiger partial charge in [0.1, 0.15) is 5.75 Å². The molecule has 0 aliphatic carbocycles. The van der Waals surface area contributed by atoms with Gasteiger partial charge >= 0.3 is 0 Å². The van der Waals surface area contributed by atoms with Crippen LogP contribution in [0.1, 0.15) is 23.4 Å². The zero-order valence-electron chi connectivity index (χ0n) is 10.4. The lowest BCUT2D eigenvalue weighted by Gasteiger charge is -2.12. The second-order valence-electron chi connectivity index (χ2n) is 4.10. The van der Waals surface area contributed by atoms with E-state index in [0.29, 0.717) is 6.04 Å². The van der Waals surface area contributed by atoms with Gasteiger partial charge in [0.25, 0.3) is 0 Å². The van der Waals surface area contributed by atoms with E-state index in [1.165, 1.54) is 14.2 Å². The summed E-state index contributed by atoms with van der Waals surface area (Å²) in [5.41, 5.74) is 1.23. The summed E-state index contributed by atoms with van der Waals surface area (Å²) >= 11 is 5.26. The molecule has 0 radical (unpaired) electrons. The third kappa shape index (κ3) is 3.57. The highest BCUT2D eigenvalue weighted by Gasteiger charge is 2.07. The molecule has 1 heterocycles. The second kappa shape index (κ2) is 6.36. The van der Waals surface area contributed by atoms with Crippen molar-refractivity contribution >= 4 is 27.3 Å². The van der Waals surface area contributed by atoms with Crippen LogP contribution in [-0.2, 0) is 6.54 Å². The molecule has 96 valence electrons. The summed E-state index contributed by atoms with van der Waals surface area (Å²) in [6, 6.07) is 12.7. The fourth-order valence-electron chi connectivity index (χ4n) is 1.71. The first-order chi connectivity index (χ1) is 8.69. The molecule has 0 saturated heterocycles. The first kappa shape index (κ1) is 13.6. The minimum Gasteiger partial charge on any atom is -0.497 e. The molecule has 0 amide bonds. The van der Waals surface area contributed by atoms with Crippen molar-refractivity contribution < 1.29 is 4.74 Å². The smallest absolute Gasteiger partial charge is 0.119 e. The minimum atomic E-state index is 0.354. The summed E-state index contributed by atoms with van der Waals surface area (Å²) in [5, 5.41) is 3.51. The molecule has 1 aromatic carbocycles. The summed E-state index contributed by atoms with van der Waals surface area (Å²) in [6.45, 7) is 3.02. The number of methoxy groups -OCH3 is 1. The molecule has 0 spiro atoms. The lowest BCUT2D eigenvalue weighted by molar-refractivity contribution is 0.414. The highest BCUT2D eigenvalue weighted by atomic mass is 79.9. The van der Waals surface area contributed by atoms with Crippen LogP contribution < -0.4 is 10.1 Å². The van der Waals surface area contributed by atoms with E-state index in [-0.39, 0.29) is 0 Å². The van der Waals surface area contributed by atoms with Crippen LogP contribution in [0.15, 0.2) is 40.2 Å². The maximum absolute atomic E-state index is 5.22. The normalized spacial score (nSPS) is 12.4. The monoisotopic (exact) mass is 325 g/mol. The van der Waals surface area contributed by atoms with Crippen molar-refractivity contribution in [2.45, 2.75) is 19.5 Å². The molecule has 18 heavy (non-hydrogen) atoms. The number of benzene rings is 1. The number of ether oxygens (including phenoxy) is 1. The van der Waals surface area contributed by atoms with Crippen LogP contribution >= 0.6 is 27.3 Å². The van der Waals surface area contributed by atoms with E-state index in [9.17, 15) is 0 Å². The van der Waals surface area contributed by atoms with Crippen molar-refractivity contribution in [2.24, 2.45) is 0 Å². The SMILES string of the molecule is COc1cccc(CNC(C)c2ccc(Br)s2)c1. The fraction of sp³-hybridized carbons (Fsp3) is 0.286. The lowest BCUT2D eigenvalue weighted by atomic mass is 10.2. The van der Waals surface area contributed by atoms with Gasteiger partial charge in [-0.2, -0.15) is 0 Å². The Morgan fingerprint density at radius 2 is 2.17 bits per heavy atom. The van der Waals surface area contributed by atoms with Gasteiger partial charge in [-0.1, -0.05) is 12.1 Å². The van der Waals surface area contributed by atoms with Gasteiger partial charge in [0.15, 0.2) is 0 Å². The first-order valence-electron chi connectivity index (χ1n) is 5.80. The molecule has 0 fully saturated rings. The average molecular weight is 326 g/mol. The van der Waals surface area contributed by atoms with Gasteiger partial charge in [0.2, 0.25) is 0 Å². The Morgan fingerprint density at radius 1 is 1.33 bits per heavy atom. The molecule has 0 bridgehead atoms. The Kier molecular flexibility index (Phi) is 4.80. The van der Waals surface area contributed by atoms with E-state index >= 15 is 0 Å². The molecular formula is C14H16BrNOS. The molecule has 1 aromatic heterocycles. The molecule has 2 aromatic rings. The van der Waals surface area contributed by atoms with Crippen LogP contribution in [-0.4, -0.2) is 7.11 Å². The molecule has 1 atom stereocenters. The van der Waals surface area contributed by atoms with Gasteiger partial charge in [0.05, 0.1) is 10.9 Å². The summed E-state index contributed by atoms with van der Waals surface area (Å²) in [4.78, 5) is 1.34. The summed E-state index contributed by atoms with van der Waals surface area (Å²) < 4.78 is 6.39. The van der Waals surface area contributed by atoms with Crippen molar-refractivity contribution in [3.8, 4) is 5.75 Å². The van der Waals surface area contributed by atoms with Crippen molar-refractivity contribution in [1.82, 2.24) is 5.32 Å². The van der Waals surface area contributed by atoms with Crippen LogP contribution in [0.3, 0.4) is 0 Å². The standard InChI is InChI=1S/C14H16BrNOS/c1-10(13-6-7-14(15)18-13)16-9-11-4-3-5-12(8-11)17-2/h3-8,10,16H,9H2,1-2H3.